The largest absolute Gasteiger partial charge is 0.371 e. The Bertz CT molecular complexity index is 980. The first-order chi connectivity index (χ1) is 12.6. The van der Waals surface area contributed by atoms with Crippen LogP contribution in [-0.2, 0) is 4.84 Å². The van der Waals surface area contributed by atoms with E-state index in [0.29, 0.717) is 16.1 Å². The van der Waals surface area contributed by atoms with Gasteiger partial charge in [-0.05, 0) is 13.0 Å². The van der Waals surface area contributed by atoms with Crippen molar-refractivity contribution in [2.75, 3.05) is 0 Å². The van der Waals surface area contributed by atoms with E-state index in [0.717, 1.165) is 6.21 Å². The highest BCUT2D eigenvalue weighted by atomic mass is 35.5. The number of benzene rings is 2. The Morgan fingerprint density at radius 2 is 1.81 bits per heavy atom. The van der Waals surface area contributed by atoms with Crippen molar-refractivity contribution in [2.45, 2.75) is 6.92 Å². The Hall–Kier alpha value is -3.25. The van der Waals surface area contributed by atoms with Gasteiger partial charge in [0.25, 0.3) is 0 Å². The van der Waals surface area contributed by atoms with Crippen LogP contribution in [0.2, 0.25) is 5.02 Å². The molecule has 7 heteroatoms. The fourth-order valence-corrected chi connectivity index (χ4v) is 2.52. The first-order valence-corrected chi connectivity index (χ1v) is 8.01. The number of oxime groups is 1. The molecule has 1 heterocycles. The van der Waals surface area contributed by atoms with Gasteiger partial charge in [0, 0.05) is 11.1 Å². The summed E-state index contributed by atoms with van der Waals surface area (Å²) in [4.78, 5) is 29.1. The first-order valence-electron chi connectivity index (χ1n) is 7.63. The SMILES string of the molecule is Cc1onc(-c2ccccc2Cl)c1C(=O)ON=CC(=O)c1ccccc1. The Kier molecular flexibility index (Phi) is 5.24. The number of Topliss-reactive ketones (excluding diaryl/α,β-unsaturated/α-hetero) is 1. The van der Waals surface area contributed by atoms with Crippen LogP contribution in [0.1, 0.15) is 26.5 Å². The van der Waals surface area contributed by atoms with Crippen molar-refractivity contribution < 1.29 is 18.9 Å². The number of hydrogen-bond acceptors (Lipinski definition) is 6. The maximum Gasteiger partial charge on any atom is 0.371 e. The van der Waals surface area contributed by atoms with Gasteiger partial charge in [0.1, 0.15) is 23.2 Å². The van der Waals surface area contributed by atoms with E-state index in [-0.39, 0.29) is 22.8 Å². The van der Waals surface area contributed by atoms with Crippen LogP contribution in [-0.4, -0.2) is 23.1 Å². The molecule has 0 aliphatic heterocycles. The first kappa shape index (κ1) is 17.6. The van der Waals surface area contributed by atoms with Crippen LogP contribution in [0, 0.1) is 6.92 Å². The molecular weight excluding hydrogens is 356 g/mol. The van der Waals surface area contributed by atoms with Crippen molar-refractivity contribution in [1.82, 2.24) is 5.16 Å². The van der Waals surface area contributed by atoms with Crippen molar-refractivity contribution in [3.8, 4) is 11.3 Å². The molecule has 1 aromatic heterocycles. The Morgan fingerprint density at radius 3 is 2.54 bits per heavy atom. The molecule has 0 atom stereocenters. The fraction of sp³-hybridized carbons (Fsp3) is 0.0526. The molecule has 3 aromatic rings. The van der Waals surface area contributed by atoms with Crippen LogP contribution < -0.4 is 0 Å². The van der Waals surface area contributed by atoms with E-state index in [4.69, 9.17) is 21.0 Å². The van der Waals surface area contributed by atoms with E-state index >= 15 is 0 Å². The summed E-state index contributed by atoms with van der Waals surface area (Å²) < 4.78 is 5.09. The van der Waals surface area contributed by atoms with Crippen molar-refractivity contribution >= 4 is 29.6 Å². The minimum atomic E-state index is -0.796. The van der Waals surface area contributed by atoms with Gasteiger partial charge < -0.3 is 9.36 Å². The molecule has 0 fully saturated rings. The molecule has 0 aliphatic rings. The molecule has 0 radical (unpaired) electrons. The lowest BCUT2D eigenvalue weighted by atomic mass is 10.1. The zero-order valence-corrected chi connectivity index (χ0v) is 14.4. The molecule has 2 aromatic carbocycles. The molecular formula is C19H13ClN2O4. The van der Waals surface area contributed by atoms with Gasteiger partial charge in [0.15, 0.2) is 0 Å². The summed E-state index contributed by atoms with van der Waals surface area (Å²) in [6.07, 6.45) is 0.936. The lowest BCUT2D eigenvalue weighted by Crippen LogP contribution is -2.06. The quantitative estimate of drug-likeness (QED) is 0.290. The number of rotatable bonds is 5. The summed E-state index contributed by atoms with van der Waals surface area (Å²) >= 11 is 6.15. The molecule has 0 bridgehead atoms. The van der Waals surface area contributed by atoms with Crippen molar-refractivity contribution in [1.29, 1.82) is 0 Å². The van der Waals surface area contributed by atoms with Gasteiger partial charge >= 0.3 is 5.97 Å². The number of halogens is 1. The molecule has 0 saturated heterocycles. The predicted octanol–water partition coefficient (Wildman–Crippen LogP) is 4.33. The molecule has 3 rings (SSSR count). The Balaban J connectivity index is 1.79. The summed E-state index contributed by atoms with van der Waals surface area (Å²) in [5.41, 5.74) is 1.32. The Morgan fingerprint density at radius 1 is 1.12 bits per heavy atom. The third-order valence-electron chi connectivity index (χ3n) is 3.56. The van der Waals surface area contributed by atoms with Gasteiger partial charge in [-0.3, -0.25) is 4.79 Å². The number of ketones is 1. The zero-order chi connectivity index (χ0) is 18.5. The zero-order valence-electron chi connectivity index (χ0n) is 13.7. The molecule has 0 N–H and O–H groups in total. The number of carbonyl (C=O) groups excluding carboxylic acids is 2. The van der Waals surface area contributed by atoms with E-state index in [1.165, 1.54) is 0 Å². The van der Waals surface area contributed by atoms with E-state index in [1.54, 1.807) is 61.5 Å². The predicted molar refractivity (Wildman–Crippen MR) is 96.4 cm³/mol. The minimum absolute atomic E-state index is 0.0995. The molecule has 0 unspecified atom stereocenters. The van der Waals surface area contributed by atoms with E-state index in [9.17, 15) is 9.59 Å². The second-order valence-corrected chi connectivity index (χ2v) is 5.69. The standard InChI is InChI=1S/C19H13ClN2O4/c1-12-17(18(22-25-12)14-9-5-6-10-15(14)20)19(24)26-21-11-16(23)13-7-3-2-4-8-13/h2-11H,1H3. The fourth-order valence-electron chi connectivity index (χ4n) is 2.29. The number of carbonyl (C=O) groups is 2. The molecule has 0 aliphatic carbocycles. The van der Waals surface area contributed by atoms with Crippen LogP contribution in [0.4, 0.5) is 0 Å². The molecule has 0 saturated carbocycles. The van der Waals surface area contributed by atoms with Gasteiger partial charge in [0.2, 0.25) is 5.78 Å². The molecule has 26 heavy (non-hydrogen) atoms. The van der Waals surface area contributed by atoms with Gasteiger partial charge in [0.05, 0.1) is 5.02 Å². The third kappa shape index (κ3) is 3.70. The van der Waals surface area contributed by atoms with E-state index in [2.05, 4.69) is 10.3 Å². The smallest absolute Gasteiger partial charge is 0.360 e. The molecule has 0 spiro atoms. The van der Waals surface area contributed by atoms with Crippen LogP contribution in [0.5, 0.6) is 0 Å². The maximum absolute atomic E-state index is 12.4. The highest BCUT2D eigenvalue weighted by Gasteiger charge is 2.24. The average molecular weight is 369 g/mol. The van der Waals surface area contributed by atoms with E-state index in [1.807, 2.05) is 0 Å². The van der Waals surface area contributed by atoms with Crippen LogP contribution >= 0.6 is 11.6 Å². The van der Waals surface area contributed by atoms with Gasteiger partial charge in [-0.25, -0.2) is 4.79 Å². The van der Waals surface area contributed by atoms with Crippen LogP contribution in [0.25, 0.3) is 11.3 Å². The number of hydrogen-bond donors (Lipinski definition) is 0. The molecule has 130 valence electrons. The highest BCUT2D eigenvalue weighted by molar-refractivity contribution is 6.35. The lowest BCUT2D eigenvalue weighted by Gasteiger charge is -2.02. The topological polar surface area (TPSA) is 81.8 Å². The van der Waals surface area contributed by atoms with Crippen LogP contribution in [0.3, 0.4) is 0 Å². The minimum Gasteiger partial charge on any atom is -0.360 e. The van der Waals surface area contributed by atoms with Gasteiger partial charge in [-0.1, -0.05) is 70.4 Å². The van der Waals surface area contributed by atoms with E-state index < -0.39 is 5.97 Å². The summed E-state index contributed by atoms with van der Waals surface area (Å²) in [5.74, 6) is -0.919. The summed E-state index contributed by atoms with van der Waals surface area (Å²) in [5, 5.41) is 7.77. The lowest BCUT2D eigenvalue weighted by molar-refractivity contribution is 0.0517. The summed E-state index contributed by atoms with van der Waals surface area (Å²) in [6, 6.07) is 15.4. The average Bonchev–Trinajstić information content (AvgIpc) is 3.04. The maximum atomic E-state index is 12.4. The number of aryl methyl sites for hydroxylation is 1. The van der Waals surface area contributed by atoms with Gasteiger partial charge in [-0.2, -0.15) is 0 Å². The van der Waals surface area contributed by atoms with Crippen molar-refractivity contribution in [3.05, 3.63) is 76.5 Å². The second kappa shape index (κ2) is 7.76. The molecule has 6 nitrogen and oxygen atoms in total. The van der Waals surface area contributed by atoms with Crippen molar-refractivity contribution in [3.63, 3.8) is 0 Å². The Labute approximate surface area is 154 Å². The van der Waals surface area contributed by atoms with Gasteiger partial charge in [-0.15, -0.1) is 0 Å². The highest BCUT2D eigenvalue weighted by Crippen LogP contribution is 2.31. The number of aromatic nitrogens is 1. The third-order valence-corrected chi connectivity index (χ3v) is 3.89. The van der Waals surface area contributed by atoms with Crippen LogP contribution in [0.15, 0.2) is 64.3 Å². The number of nitrogens with zero attached hydrogens (tertiary/aromatic N) is 2. The second-order valence-electron chi connectivity index (χ2n) is 5.29. The summed E-state index contributed by atoms with van der Waals surface area (Å²) in [7, 11) is 0. The summed E-state index contributed by atoms with van der Waals surface area (Å²) in [6.45, 7) is 1.57. The van der Waals surface area contributed by atoms with Crippen molar-refractivity contribution in [2.24, 2.45) is 5.16 Å². The monoisotopic (exact) mass is 368 g/mol. The normalized spacial score (nSPS) is 10.8. The molecule has 0 amide bonds.